The van der Waals surface area contributed by atoms with Crippen LogP contribution in [0.1, 0.15) is 27.5 Å². The van der Waals surface area contributed by atoms with Gasteiger partial charge in [0, 0.05) is 21.0 Å². The van der Waals surface area contributed by atoms with Crippen molar-refractivity contribution in [1.29, 1.82) is 0 Å². The number of nitrogens with one attached hydrogen (secondary N) is 1. The van der Waals surface area contributed by atoms with E-state index in [1.807, 2.05) is 0 Å². The number of thioether (sulfide) groups is 1. The maximum atomic E-state index is 13.9. The average Bonchev–Trinajstić information content (AvgIpc) is 3.42. The van der Waals surface area contributed by atoms with Crippen LogP contribution in [0.2, 0.25) is 0 Å². The maximum Gasteiger partial charge on any atom is 0.416 e. The van der Waals surface area contributed by atoms with Gasteiger partial charge in [-0.1, -0.05) is 63.3 Å². The minimum absolute atomic E-state index is 0.148. The number of benzene rings is 3. The predicted molar refractivity (Wildman–Crippen MR) is 162 cm³/mol. The molecule has 3 atom stereocenters. The summed E-state index contributed by atoms with van der Waals surface area (Å²) < 4.78 is 81.7. The van der Waals surface area contributed by atoms with Gasteiger partial charge in [0.25, 0.3) is 0 Å². The van der Waals surface area contributed by atoms with Crippen LogP contribution in [-0.2, 0) is 33.3 Å². The standard InChI is InChI=1S/C30H18BrF6N3O4S2/c31-17-7-1-4-14(10-17)21-22-23(26(43)40(25(22)42)19-9-3-6-16(12-19)30(35,36)37)45-27-24(21)46-28(44)39(27)13-20(41)38-18-8-2-5-15(11-18)29(32,33)34/h1-12,21-23H,13H2,(H,38,41)/t21-,22-,23+/m0/s1. The Kier molecular flexibility index (Phi) is 8.17. The molecule has 0 radical (unpaired) electrons. The van der Waals surface area contributed by atoms with Crippen LogP contribution in [0.3, 0.4) is 0 Å². The summed E-state index contributed by atoms with van der Waals surface area (Å²) >= 11 is 4.98. The van der Waals surface area contributed by atoms with Gasteiger partial charge in [-0.15, -0.1) is 0 Å². The normalized spacial score (nSPS) is 19.6. The lowest BCUT2D eigenvalue weighted by Gasteiger charge is -2.30. The van der Waals surface area contributed by atoms with Crippen LogP contribution >= 0.6 is 39.0 Å². The number of alkyl halides is 6. The molecule has 0 bridgehead atoms. The first-order chi connectivity index (χ1) is 21.6. The van der Waals surface area contributed by atoms with Crippen molar-refractivity contribution in [2.24, 2.45) is 5.92 Å². The fourth-order valence-electron chi connectivity index (χ4n) is 5.51. The van der Waals surface area contributed by atoms with Gasteiger partial charge in [0.05, 0.1) is 27.8 Å². The van der Waals surface area contributed by atoms with Crippen LogP contribution in [0, 0.1) is 5.92 Å². The van der Waals surface area contributed by atoms with Gasteiger partial charge in [-0.05, 0) is 54.1 Å². The summed E-state index contributed by atoms with van der Waals surface area (Å²) in [6.07, 6.45) is -9.37. The Morgan fingerprint density at radius 2 is 1.50 bits per heavy atom. The average molecular weight is 743 g/mol. The van der Waals surface area contributed by atoms with Gasteiger partial charge in [-0.3, -0.25) is 23.7 Å². The molecule has 4 aromatic rings. The van der Waals surface area contributed by atoms with Gasteiger partial charge in [-0.2, -0.15) is 26.3 Å². The summed E-state index contributed by atoms with van der Waals surface area (Å²) in [5, 5.41) is 1.39. The molecule has 3 heterocycles. The summed E-state index contributed by atoms with van der Waals surface area (Å²) in [6.45, 7) is -0.615. The van der Waals surface area contributed by atoms with E-state index in [1.54, 1.807) is 24.3 Å². The van der Waals surface area contributed by atoms with E-state index in [0.717, 1.165) is 69.0 Å². The number of halogens is 7. The lowest BCUT2D eigenvalue weighted by Crippen LogP contribution is -2.33. The summed E-state index contributed by atoms with van der Waals surface area (Å²) in [7, 11) is 0. The Morgan fingerprint density at radius 3 is 2.17 bits per heavy atom. The number of aromatic nitrogens is 1. The summed E-state index contributed by atoms with van der Waals surface area (Å²) in [6, 6.07) is 14.6. The second-order valence-electron chi connectivity index (χ2n) is 10.4. The molecular weight excluding hydrogens is 724 g/mol. The van der Waals surface area contributed by atoms with Crippen molar-refractivity contribution < 1.29 is 40.7 Å². The van der Waals surface area contributed by atoms with E-state index >= 15 is 0 Å². The number of imide groups is 1. The minimum Gasteiger partial charge on any atom is -0.325 e. The Bertz CT molecular complexity index is 1960. The van der Waals surface area contributed by atoms with Crippen LogP contribution < -0.4 is 15.1 Å². The number of carbonyl (C=O) groups excluding carboxylic acids is 3. The molecule has 46 heavy (non-hydrogen) atoms. The largest absolute Gasteiger partial charge is 0.416 e. The lowest BCUT2D eigenvalue weighted by atomic mass is 9.83. The van der Waals surface area contributed by atoms with Crippen molar-refractivity contribution in [3.8, 4) is 0 Å². The second-order valence-corrected chi connectivity index (χ2v) is 13.4. The second kappa shape index (κ2) is 11.7. The highest BCUT2D eigenvalue weighted by atomic mass is 79.9. The van der Waals surface area contributed by atoms with E-state index in [9.17, 15) is 45.5 Å². The van der Waals surface area contributed by atoms with Gasteiger partial charge in [0.2, 0.25) is 17.7 Å². The zero-order valence-corrected chi connectivity index (χ0v) is 26.1. The molecule has 7 nitrogen and oxygen atoms in total. The van der Waals surface area contributed by atoms with E-state index in [4.69, 9.17) is 0 Å². The van der Waals surface area contributed by atoms with Crippen LogP contribution in [-0.4, -0.2) is 27.5 Å². The van der Waals surface area contributed by atoms with Crippen LogP contribution in [0.15, 0.2) is 87.1 Å². The molecule has 238 valence electrons. The van der Waals surface area contributed by atoms with Crippen molar-refractivity contribution in [2.45, 2.75) is 35.1 Å². The van der Waals surface area contributed by atoms with Crippen LogP contribution in [0.4, 0.5) is 37.7 Å². The molecule has 0 unspecified atom stereocenters. The summed E-state index contributed by atoms with van der Waals surface area (Å²) in [5.74, 6) is -4.32. The smallest absolute Gasteiger partial charge is 0.325 e. The fraction of sp³-hybridized carbons (Fsp3) is 0.200. The van der Waals surface area contributed by atoms with Crippen molar-refractivity contribution in [3.05, 3.63) is 109 Å². The Morgan fingerprint density at radius 1 is 0.848 bits per heavy atom. The highest BCUT2D eigenvalue weighted by Crippen LogP contribution is 2.54. The molecule has 0 spiro atoms. The number of hydrogen-bond acceptors (Lipinski definition) is 6. The molecule has 3 aromatic carbocycles. The Balaban J connectivity index is 1.39. The molecule has 0 aliphatic carbocycles. The monoisotopic (exact) mass is 741 g/mol. The third kappa shape index (κ3) is 5.88. The van der Waals surface area contributed by atoms with Gasteiger partial charge in [0.1, 0.15) is 11.8 Å². The summed E-state index contributed by atoms with van der Waals surface area (Å²) in [5.41, 5.74) is -1.89. The first-order valence-electron chi connectivity index (χ1n) is 13.3. The number of hydrogen-bond donors (Lipinski definition) is 1. The van der Waals surface area contributed by atoms with E-state index in [1.165, 1.54) is 12.1 Å². The highest BCUT2D eigenvalue weighted by Gasteiger charge is 2.57. The Hall–Kier alpha value is -3.89. The van der Waals surface area contributed by atoms with Gasteiger partial charge >= 0.3 is 17.2 Å². The molecule has 3 amide bonds. The molecule has 2 aliphatic heterocycles. The molecule has 16 heteroatoms. The van der Waals surface area contributed by atoms with Gasteiger partial charge in [-0.25, -0.2) is 4.90 Å². The number of nitrogens with zero attached hydrogens (tertiary/aromatic N) is 2. The molecule has 1 N–H and O–H groups in total. The van der Waals surface area contributed by atoms with Crippen LogP contribution in [0.25, 0.3) is 0 Å². The Labute approximate surface area is 272 Å². The zero-order valence-electron chi connectivity index (χ0n) is 22.9. The van der Waals surface area contributed by atoms with Gasteiger partial charge < -0.3 is 5.32 Å². The molecule has 0 saturated carbocycles. The van der Waals surface area contributed by atoms with Crippen molar-refractivity contribution in [3.63, 3.8) is 0 Å². The number of fused-ring (bicyclic) bond motifs is 2. The van der Waals surface area contributed by atoms with E-state index in [0.29, 0.717) is 14.9 Å². The van der Waals surface area contributed by atoms with Crippen molar-refractivity contribution in [2.75, 3.05) is 10.2 Å². The highest BCUT2D eigenvalue weighted by molar-refractivity contribution is 9.10. The number of carbonyl (C=O) groups is 3. The van der Waals surface area contributed by atoms with Crippen molar-refractivity contribution in [1.82, 2.24) is 4.57 Å². The lowest BCUT2D eigenvalue weighted by molar-refractivity contribution is -0.138. The minimum atomic E-state index is -4.73. The third-order valence-electron chi connectivity index (χ3n) is 7.46. The number of anilines is 2. The zero-order chi connectivity index (χ0) is 33.1. The summed E-state index contributed by atoms with van der Waals surface area (Å²) in [4.78, 5) is 54.5. The third-order valence-corrected chi connectivity index (χ3v) is 10.6. The van der Waals surface area contributed by atoms with Crippen molar-refractivity contribution >= 4 is 68.1 Å². The number of amides is 3. The van der Waals surface area contributed by atoms with Crippen LogP contribution in [0.5, 0.6) is 0 Å². The number of rotatable bonds is 5. The molecule has 2 aliphatic rings. The predicted octanol–water partition coefficient (Wildman–Crippen LogP) is 7.14. The molecule has 1 fully saturated rings. The van der Waals surface area contributed by atoms with E-state index in [-0.39, 0.29) is 16.4 Å². The quantitative estimate of drug-likeness (QED) is 0.174. The topological polar surface area (TPSA) is 88.5 Å². The molecular formula is C30H18BrF6N3O4S2. The molecule has 1 aromatic heterocycles. The van der Waals surface area contributed by atoms with E-state index < -0.39 is 69.7 Å². The molecule has 1 saturated heterocycles. The maximum absolute atomic E-state index is 13.9. The number of thiazole rings is 1. The first kappa shape index (κ1) is 32.1. The van der Waals surface area contributed by atoms with Gasteiger partial charge in [0.15, 0.2) is 0 Å². The fourth-order valence-corrected chi connectivity index (χ4v) is 8.70. The van der Waals surface area contributed by atoms with E-state index in [2.05, 4.69) is 21.2 Å². The SMILES string of the molecule is O=C(Cn1c2c(sc1=O)[C@@H](c1cccc(Br)c1)[C@@H]1C(=O)N(c3cccc(C(F)(F)F)c3)C(=O)[C@@H]1S2)Nc1cccc(C(F)(F)F)c1. The first-order valence-corrected chi connectivity index (χ1v) is 15.8. The molecule has 6 rings (SSSR count).